The van der Waals surface area contributed by atoms with Crippen LogP contribution in [0.1, 0.15) is 11.4 Å². The number of carbonyl (C=O) groups excluding carboxylic acids is 1. The van der Waals surface area contributed by atoms with Crippen molar-refractivity contribution in [2.75, 3.05) is 7.11 Å². The van der Waals surface area contributed by atoms with Gasteiger partial charge in [0.15, 0.2) is 11.5 Å². The van der Waals surface area contributed by atoms with Crippen molar-refractivity contribution in [3.05, 3.63) is 72.2 Å². The van der Waals surface area contributed by atoms with Crippen LogP contribution in [-0.2, 0) is 11.3 Å². The molecule has 0 saturated heterocycles. The van der Waals surface area contributed by atoms with E-state index in [2.05, 4.69) is 20.6 Å². The number of amides is 1. The monoisotopic (exact) mass is 359 g/mol. The number of carbonyl (C=O) groups is 1. The lowest BCUT2D eigenvalue weighted by molar-refractivity contribution is -0.116. The van der Waals surface area contributed by atoms with Crippen LogP contribution in [0.3, 0.4) is 0 Å². The van der Waals surface area contributed by atoms with Crippen molar-refractivity contribution >= 4 is 28.4 Å². The average molecular weight is 359 g/mol. The summed E-state index contributed by atoms with van der Waals surface area (Å²) >= 11 is 0. The molecule has 0 radical (unpaired) electrons. The van der Waals surface area contributed by atoms with Crippen LogP contribution in [0.15, 0.2) is 60.8 Å². The Morgan fingerprint density at radius 1 is 1.15 bits per heavy atom. The highest BCUT2D eigenvalue weighted by atomic mass is 16.5. The molecule has 4 aromatic rings. The highest BCUT2D eigenvalue weighted by Gasteiger charge is 2.08. The Labute approximate surface area is 155 Å². The number of hydrogen-bond donors (Lipinski definition) is 1. The van der Waals surface area contributed by atoms with Gasteiger partial charge in [-0.2, -0.15) is 9.61 Å². The van der Waals surface area contributed by atoms with E-state index in [0.29, 0.717) is 18.0 Å². The first-order chi connectivity index (χ1) is 13.2. The Morgan fingerprint density at radius 3 is 2.78 bits per heavy atom. The summed E-state index contributed by atoms with van der Waals surface area (Å²) in [7, 11) is 1.62. The molecular weight excluding hydrogens is 342 g/mol. The van der Waals surface area contributed by atoms with Gasteiger partial charge in [-0.3, -0.25) is 4.79 Å². The second kappa shape index (κ2) is 7.25. The molecule has 7 heteroatoms. The van der Waals surface area contributed by atoms with Crippen LogP contribution in [-0.4, -0.2) is 32.8 Å². The third-order valence-corrected chi connectivity index (χ3v) is 4.19. The van der Waals surface area contributed by atoms with Crippen LogP contribution in [0, 0.1) is 0 Å². The molecule has 0 fully saturated rings. The fourth-order valence-electron chi connectivity index (χ4n) is 2.75. The predicted molar refractivity (Wildman–Crippen MR) is 102 cm³/mol. The van der Waals surface area contributed by atoms with E-state index in [1.54, 1.807) is 23.9 Å². The summed E-state index contributed by atoms with van der Waals surface area (Å²) in [5.41, 5.74) is 1.64. The molecule has 0 aliphatic carbocycles. The van der Waals surface area contributed by atoms with Crippen molar-refractivity contribution in [3.8, 4) is 5.75 Å². The Morgan fingerprint density at radius 2 is 1.96 bits per heavy atom. The summed E-state index contributed by atoms with van der Waals surface area (Å²) in [4.78, 5) is 12.1. The van der Waals surface area contributed by atoms with E-state index in [9.17, 15) is 4.79 Å². The number of rotatable bonds is 5. The van der Waals surface area contributed by atoms with Crippen molar-refractivity contribution in [2.45, 2.75) is 6.54 Å². The smallest absolute Gasteiger partial charge is 0.244 e. The molecule has 0 bridgehead atoms. The summed E-state index contributed by atoms with van der Waals surface area (Å²) in [6.45, 7) is 0.427. The molecule has 7 nitrogen and oxygen atoms in total. The van der Waals surface area contributed by atoms with Crippen molar-refractivity contribution in [2.24, 2.45) is 0 Å². The minimum absolute atomic E-state index is 0.219. The fourth-order valence-corrected chi connectivity index (χ4v) is 2.75. The number of benzene rings is 2. The summed E-state index contributed by atoms with van der Waals surface area (Å²) in [6, 6.07) is 15.4. The zero-order valence-electron chi connectivity index (χ0n) is 14.7. The van der Waals surface area contributed by atoms with Crippen LogP contribution in [0.4, 0.5) is 0 Å². The SMILES string of the molecule is COc1ccc(CNC(=O)/C=C/c2nnc3c4ccccc4cnn23)cc1. The number of nitrogens with one attached hydrogen (secondary N) is 1. The molecular formula is C20H17N5O2. The van der Waals surface area contributed by atoms with E-state index in [0.717, 1.165) is 22.1 Å². The van der Waals surface area contributed by atoms with E-state index >= 15 is 0 Å². The normalized spacial score (nSPS) is 11.3. The molecule has 2 heterocycles. The topological polar surface area (TPSA) is 81.4 Å². The molecule has 4 rings (SSSR count). The Hall–Kier alpha value is -3.74. The molecule has 0 unspecified atom stereocenters. The fraction of sp³-hybridized carbons (Fsp3) is 0.100. The summed E-state index contributed by atoms with van der Waals surface area (Å²) in [6.07, 6.45) is 4.79. The maximum Gasteiger partial charge on any atom is 0.244 e. The molecule has 0 spiro atoms. The van der Waals surface area contributed by atoms with Gasteiger partial charge < -0.3 is 10.1 Å². The van der Waals surface area contributed by atoms with E-state index in [-0.39, 0.29) is 5.91 Å². The Kier molecular flexibility index (Phi) is 4.49. The van der Waals surface area contributed by atoms with E-state index in [1.807, 2.05) is 48.5 Å². The molecule has 0 aliphatic heterocycles. The van der Waals surface area contributed by atoms with Gasteiger partial charge in [0.2, 0.25) is 5.91 Å². The van der Waals surface area contributed by atoms with Crippen LogP contribution in [0.5, 0.6) is 5.75 Å². The molecule has 2 aromatic heterocycles. The molecule has 134 valence electrons. The Bertz CT molecular complexity index is 1130. The molecule has 2 aromatic carbocycles. The quantitative estimate of drug-likeness (QED) is 0.554. The summed E-state index contributed by atoms with van der Waals surface area (Å²) < 4.78 is 6.74. The first-order valence-electron chi connectivity index (χ1n) is 8.42. The first-order valence-corrected chi connectivity index (χ1v) is 8.42. The minimum Gasteiger partial charge on any atom is -0.497 e. The van der Waals surface area contributed by atoms with Crippen LogP contribution >= 0.6 is 0 Å². The first kappa shape index (κ1) is 16.7. The lowest BCUT2D eigenvalue weighted by Crippen LogP contribution is -2.20. The Balaban J connectivity index is 1.47. The van der Waals surface area contributed by atoms with E-state index in [1.165, 1.54) is 6.08 Å². The van der Waals surface area contributed by atoms with Crippen molar-refractivity contribution < 1.29 is 9.53 Å². The van der Waals surface area contributed by atoms with Gasteiger partial charge in [0, 0.05) is 23.4 Å². The maximum atomic E-state index is 12.1. The lowest BCUT2D eigenvalue weighted by atomic mass is 10.2. The second-order valence-corrected chi connectivity index (χ2v) is 5.92. The number of methoxy groups -OCH3 is 1. The standard InChI is InChI=1S/C20H17N5O2/c1-27-16-8-6-14(7-9-16)12-21-19(26)11-10-18-23-24-20-17-5-3-2-4-15(17)13-22-25(18)20/h2-11,13H,12H2,1H3,(H,21,26)/b11-10+. The van der Waals surface area contributed by atoms with Crippen LogP contribution < -0.4 is 10.1 Å². The second-order valence-electron chi connectivity index (χ2n) is 5.92. The minimum atomic E-state index is -0.219. The number of ether oxygens (including phenoxy) is 1. The maximum absolute atomic E-state index is 12.1. The third-order valence-electron chi connectivity index (χ3n) is 4.19. The van der Waals surface area contributed by atoms with E-state index < -0.39 is 0 Å². The van der Waals surface area contributed by atoms with Crippen LogP contribution in [0.25, 0.3) is 22.5 Å². The van der Waals surface area contributed by atoms with Gasteiger partial charge >= 0.3 is 0 Å². The van der Waals surface area contributed by atoms with E-state index in [4.69, 9.17) is 4.74 Å². The highest BCUT2D eigenvalue weighted by molar-refractivity contribution is 5.94. The van der Waals surface area contributed by atoms with Crippen LogP contribution in [0.2, 0.25) is 0 Å². The zero-order valence-corrected chi connectivity index (χ0v) is 14.7. The molecule has 1 N–H and O–H groups in total. The van der Waals surface area contributed by atoms with Gasteiger partial charge in [-0.25, -0.2) is 0 Å². The van der Waals surface area contributed by atoms with Gasteiger partial charge in [-0.05, 0) is 23.8 Å². The van der Waals surface area contributed by atoms with Crippen molar-refractivity contribution in [1.82, 2.24) is 25.1 Å². The molecule has 0 aliphatic rings. The number of aromatic nitrogens is 4. The van der Waals surface area contributed by atoms with Gasteiger partial charge in [0.1, 0.15) is 5.75 Å². The lowest BCUT2D eigenvalue weighted by Gasteiger charge is -2.04. The predicted octanol–water partition coefficient (Wildman–Crippen LogP) is 2.62. The number of fused-ring (bicyclic) bond motifs is 3. The molecule has 1 amide bonds. The van der Waals surface area contributed by atoms with Crippen molar-refractivity contribution in [1.29, 1.82) is 0 Å². The number of nitrogens with zero attached hydrogens (tertiary/aromatic N) is 4. The van der Waals surface area contributed by atoms with Gasteiger partial charge in [-0.15, -0.1) is 10.2 Å². The summed E-state index contributed by atoms with van der Waals surface area (Å²) in [5, 5.41) is 17.5. The largest absolute Gasteiger partial charge is 0.497 e. The van der Waals surface area contributed by atoms with Gasteiger partial charge in [-0.1, -0.05) is 36.4 Å². The third kappa shape index (κ3) is 3.48. The van der Waals surface area contributed by atoms with Crippen molar-refractivity contribution in [3.63, 3.8) is 0 Å². The molecule has 0 saturated carbocycles. The zero-order chi connectivity index (χ0) is 18.6. The number of hydrogen-bond acceptors (Lipinski definition) is 5. The molecule has 27 heavy (non-hydrogen) atoms. The summed E-state index contributed by atoms with van der Waals surface area (Å²) in [5.74, 6) is 1.06. The van der Waals surface area contributed by atoms with Gasteiger partial charge in [0.05, 0.1) is 13.3 Å². The molecule has 0 atom stereocenters. The van der Waals surface area contributed by atoms with Gasteiger partial charge in [0.25, 0.3) is 0 Å². The average Bonchev–Trinajstić information content (AvgIpc) is 3.14. The highest BCUT2D eigenvalue weighted by Crippen LogP contribution is 2.17.